The van der Waals surface area contributed by atoms with Gasteiger partial charge >= 0.3 is 0 Å². The van der Waals surface area contributed by atoms with Crippen LogP contribution in [0.1, 0.15) is 100 Å². The lowest BCUT2D eigenvalue weighted by molar-refractivity contribution is -0.107. The first kappa shape index (κ1) is 37.0. The van der Waals surface area contributed by atoms with E-state index in [1.807, 2.05) is 62.3 Å². The van der Waals surface area contributed by atoms with E-state index in [0.717, 1.165) is 97.3 Å². The molecule has 240 valence electrons. The lowest BCUT2D eigenvalue weighted by atomic mass is 9.99. The number of carbonyl (C=O) groups excluding carboxylic acids is 2. The number of aromatic nitrogens is 1. The highest BCUT2D eigenvalue weighted by atomic mass is 35.5. The first-order chi connectivity index (χ1) is 21.3. The molecule has 44 heavy (non-hydrogen) atoms. The second-order valence-corrected chi connectivity index (χ2v) is 11.3. The van der Waals surface area contributed by atoms with Crippen molar-refractivity contribution in [2.24, 2.45) is 0 Å². The van der Waals surface area contributed by atoms with E-state index in [1.54, 1.807) is 0 Å². The number of pyridine rings is 1. The first-order valence-corrected chi connectivity index (χ1v) is 16.6. The Morgan fingerprint density at radius 3 is 2.30 bits per heavy atom. The van der Waals surface area contributed by atoms with Gasteiger partial charge in [-0.15, -0.1) is 0 Å². The number of amides is 1. The van der Waals surface area contributed by atoms with Gasteiger partial charge in [0.25, 0.3) is 5.91 Å². The summed E-state index contributed by atoms with van der Waals surface area (Å²) in [6.45, 7) is 14.9. The fraction of sp³-hybridized carbons (Fsp3) is 0.486. The van der Waals surface area contributed by atoms with Crippen molar-refractivity contribution < 1.29 is 14.3 Å². The molecule has 7 heteroatoms. The molecule has 0 fully saturated rings. The molecule has 0 bridgehead atoms. The molecule has 6 nitrogen and oxygen atoms in total. The van der Waals surface area contributed by atoms with Gasteiger partial charge in [0.1, 0.15) is 18.1 Å². The van der Waals surface area contributed by atoms with E-state index in [2.05, 4.69) is 56.2 Å². The van der Waals surface area contributed by atoms with Gasteiger partial charge in [0.05, 0.1) is 5.02 Å². The molecule has 1 aliphatic heterocycles. The van der Waals surface area contributed by atoms with Crippen molar-refractivity contribution in [3.8, 4) is 16.9 Å². The van der Waals surface area contributed by atoms with E-state index in [0.29, 0.717) is 17.4 Å². The summed E-state index contributed by atoms with van der Waals surface area (Å²) >= 11 is 6.48. The maximum Gasteiger partial charge on any atom is 0.253 e. The number of hydrogen-bond donors (Lipinski definition) is 1. The largest absolute Gasteiger partial charge is 0.487 e. The average Bonchev–Trinajstić information content (AvgIpc) is 3.48. The van der Waals surface area contributed by atoms with Crippen LogP contribution in [0.3, 0.4) is 0 Å². The summed E-state index contributed by atoms with van der Waals surface area (Å²) in [5.41, 5.74) is 6.26. The van der Waals surface area contributed by atoms with E-state index in [-0.39, 0.29) is 12.0 Å². The molecule has 0 saturated heterocycles. The lowest BCUT2D eigenvalue weighted by Crippen LogP contribution is -2.32. The molecule has 1 aromatic heterocycles. The lowest BCUT2D eigenvalue weighted by Gasteiger charge is -2.21. The molecule has 2 heterocycles. The van der Waals surface area contributed by atoms with E-state index >= 15 is 0 Å². The van der Waals surface area contributed by atoms with Gasteiger partial charge in [0, 0.05) is 55.5 Å². The fourth-order valence-electron chi connectivity index (χ4n) is 5.05. The Labute approximate surface area is 270 Å². The van der Waals surface area contributed by atoms with Crippen molar-refractivity contribution in [2.45, 2.75) is 92.1 Å². The summed E-state index contributed by atoms with van der Waals surface area (Å²) in [5.74, 6) is 1.42. The minimum absolute atomic E-state index is 0.102. The first-order valence-electron chi connectivity index (χ1n) is 16.3. The Morgan fingerprint density at radius 2 is 1.75 bits per heavy atom. The number of benzene rings is 2. The number of nitrogens with zero attached hydrogens (tertiary/aromatic N) is 2. The zero-order chi connectivity index (χ0) is 32.5. The number of aryl methyl sites for hydroxylation is 1. The molecule has 4 rings (SSSR count). The van der Waals surface area contributed by atoms with Gasteiger partial charge in [-0.05, 0) is 85.7 Å². The van der Waals surface area contributed by atoms with Crippen molar-refractivity contribution in [1.29, 1.82) is 0 Å². The summed E-state index contributed by atoms with van der Waals surface area (Å²) < 4.78 is 5.95. The average molecular weight is 622 g/mol. The molecule has 1 N–H and O–H groups in total. The summed E-state index contributed by atoms with van der Waals surface area (Å²) in [5, 5.41) is 3.79. The number of halogens is 1. The number of likely N-dealkylation sites (N-methyl/N-ethyl adjacent to an activating group) is 1. The summed E-state index contributed by atoms with van der Waals surface area (Å²) in [6.07, 6.45) is 8.23. The van der Waals surface area contributed by atoms with Gasteiger partial charge in [0.15, 0.2) is 0 Å². The number of aldehydes is 1. The Morgan fingerprint density at radius 1 is 1.07 bits per heavy atom. The van der Waals surface area contributed by atoms with Gasteiger partial charge in [-0.1, -0.05) is 71.3 Å². The number of fused-ring (bicyclic) bond motifs is 1. The normalized spacial score (nSPS) is 13.8. The third-order valence-electron chi connectivity index (χ3n) is 7.54. The molecule has 1 amide bonds. The van der Waals surface area contributed by atoms with Crippen LogP contribution >= 0.6 is 11.6 Å². The second kappa shape index (κ2) is 19.9. The standard InChI is InChI=1S/C23H29ClN2O2.C12H17NO.C2H6/c1-4-10-26(11-5-2)23(27)17-8-6-16(7-9-17)18-12-19-13-20(15-25-3)28-22(19)21(24)14-18;1-3-10(2)12-7-6-11(9-13-12)5-4-8-14;1-2/h6-9,12,14,20,25H,4-5,10-11,13,15H2,1-3H3;6-10H,3-5H2,1-2H3;1-2H3. The fourth-order valence-corrected chi connectivity index (χ4v) is 5.33. The number of ether oxygens (including phenoxy) is 1. The van der Waals surface area contributed by atoms with Crippen molar-refractivity contribution in [3.63, 3.8) is 0 Å². The minimum atomic E-state index is 0.102. The Hall–Kier alpha value is -3.22. The molecule has 1 aliphatic rings. The molecule has 3 aromatic rings. The third kappa shape index (κ3) is 10.7. The van der Waals surface area contributed by atoms with Crippen LogP contribution in [-0.2, 0) is 17.6 Å². The third-order valence-corrected chi connectivity index (χ3v) is 7.82. The summed E-state index contributed by atoms with van der Waals surface area (Å²) in [6, 6.07) is 16.1. The zero-order valence-corrected chi connectivity index (χ0v) is 28.5. The highest BCUT2D eigenvalue weighted by Gasteiger charge is 2.25. The quantitative estimate of drug-likeness (QED) is 0.194. The van der Waals surface area contributed by atoms with Crippen molar-refractivity contribution in [2.75, 3.05) is 26.7 Å². The highest BCUT2D eigenvalue weighted by molar-refractivity contribution is 6.32. The van der Waals surface area contributed by atoms with Gasteiger partial charge in [-0.3, -0.25) is 9.78 Å². The maximum absolute atomic E-state index is 12.8. The van der Waals surface area contributed by atoms with Crippen LogP contribution < -0.4 is 10.1 Å². The Bertz CT molecular complexity index is 1270. The SMILES string of the molecule is CC.CCC(C)c1ccc(CCC=O)cn1.CCCN(CCC)C(=O)c1ccc(-c2cc(Cl)c3c(c2)CC(CNC)O3)cc1. The monoisotopic (exact) mass is 621 g/mol. The smallest absolute Gasteiger partial charge is 0.253 e. The molecule has 2 aromatic carbocycles. The van der Waals surface area contributed by atoms with Crippen LogP contribution in [0.5, 0.6) is 5.75 Å². The molecular weight excluding hydrogens is 570 g/mol. The molecule has 0 saturated carbocycles. The second-order valence-electron chi connectivity index (χ2n) is 10.9. The van der Waals surface area contributed by atoms with Gasteiger partial charge < -0.3 is 19.7 Å². The van der Waals surface area contributed by atoms with Crippen molar-refractivity contribution >= 4 is 23.8 Å². The van der Waals surface area contributed by atoms with Gasteiger partial charge in [-0.2, -0.15) is 0 Å². The minimum Gasteiger partial charge on any atom is -0.487 e. The van der Waals surface area contributed by atoms with Crippen LogP contribution in [0.4, 0.5) is 0 Å². The molecule has 0 spiro atoms. The molecule has 2 atom stereocenters. The number of hydrogen-bond acceptors (Lipinski definition) is 5. The Balaban J connectivity index is 0.000000355. The van der Waals surface area contributed by atoms with Crippen molar-refractivity contribution in [1.82, 2.24) is 15.2 Å². The number of carbonyl (C=O) groups is 2. The molecule has 0 radical (unpaired) electrons. The predicted octanol–water partition coefficient (Wildman–Crippen LogP) is 8.54. The van der Waals surface area contributed by atoms with E-state index in [9.17, 15) is 9.59 Å². The van der Waals surface area contributed by atoms with E-state index in [4.69, 9.17) is 16.3 Å². The van der Waals surface area contributed by atoms with Crippen LogP contribution in [0.25, 0.3) is 11.1 Å². The molecular formula is C37H52ClN3O3. The van der Waals surface area contributed by atoms with Gasteiger partial charge in [-0.25, -0.2) is 0 Å². The van der Waals surface area contributed by atoms with E-state index in [1.165, 1.54) is 0 Å². The number of rotatable bonds is 13. The van der Waals surface area contributed by atoms with Crippen LogP contribution in [0, 0.1) is 0 Å². The molecule has 0 aliphatic carbocycles. The Kier molecular flexibility index (Phi) is 16.8. The van der Waals surface area contributed by atoms with Gasteiger partial charge in [0.2, 0.25) is 0 Å². The van der Waals surface area contributed by atoms with Crippen molar-refractivity contribution in [3.05, 3.63) is 82.1 Å². The number of nitrogens with one attached hydrogen (secondary N) is 1. The molecule has 2 unspecified atom stereocenters. The summed E-state index contributed by atoms with van der Waals surface area (Å²) in [4.78, 5) is 29.3. The van der Waals surface area contributed by atoms with E-state index < -0.39 is 0 Å². The zero-order valence-electron chi connectivity index (χ0n) is 27.8. The predicted molar refractivity (Wildman–Crippen MR) is 184 cm³/mol. The van der Waals surface area contributed by atoms with Crippen LogP contribution in [-0.4, -0.2) is 54.9 Å². The highest BCUT2D eigenvalue weighted by Crippen LogP contribution is 2.39. The summed E-state index contributed by atoms with van der Waals surface area (Å²) in [7, 11) is 1.92. The van der Waals surface area contributed by atoms with Crippen LogP contribution in [0.2, 0.25) is 5.02 Å². The topological polar surface area (TPSA) is 71.5 Å². The van der Waals surface area contributed by atoms with Crippen LogP contribution in [0.15, 0.2) is 54.7 Å². The maximum atomic E-state index is 12.8.